The highest BCUT2D eigenvalue weighted by atomic mass is 33.1. The van der Waals surface area contributed by atoms with Crippen molar-refractivity contribution >= 4 is 21.6 Å². The van der Waals surface area contributed by atoms with Gasteiger partial charge < -0.3 is 0 Å². The Morgan fingerprint density at radius 3 is 1.88 bits per heavy atom. The fourth-order valence-electron chi connectivity index (χ4n) is 0.884. The summed E-state index contributed by atoms with van der Waals surface area (Å²) in [5.74, 6) is 0.872. The van der Waals surface area contributed by atoms with Gasteiger partial charge in [0.05, 0.1) is 0 Å². The van der Waals surface area contributed by atoms with E-state index in [1.807, 2.05) is 21.6 Å². The Balaban J connectivity index is 2.26. The number of hydrogen-bond acceptors (Lipinski definition) is 2. The van der Waals surface area contributed by atoms with Crippen LogP contribution in [0.5, 0.6) is 0 Å². The second-order valence-corrected chi connectivity index (χ2v) is 5.43. The Hall–Kier alpha value is 0.700. The summed E-state index contributed by atoms with van der Waals surface area (Å²) in [5, 5.41) is 1.83. The van der Waals surface area contributed by atoms with Gasteiger partial charge in [-0.25, -0.2) is 0 Å². The fourth-order valence-corrected chi connectivity index (χ4v) is 3.93. The lowest BCUT2D eigenvalue weighted by molar-refractivity contribution is 0.599. The third kappa shape index (κ3) is 1.16. The van der Waals surface area contributed by atoms with Crippen LogP contribution in [0.3, 0.4) is 0 Å². The van der Waals surface area contributed by atoms with Gasteiger partial charge in [-0.2, -0.15) is 0 Å². The molecule has 48 valence electrons. The van der Waals surface area contributed by atoms with E-state index < -0.39 is 0 Å². The first-order chi connectivity index (χ1) is 3.72. The lowest BCUT2D eigenvalue weighted by Crippen LogP contribution is -2.28. The third-order valence-electron chi connectivity index (χ3n) is 1.44. The highest BCUT2D eigenvalue weighted by Gasteiger charge is 2.31. The van der Waals surface area contributed by atoms with Gasteiger partial charge in [0.25, 0.3) is 0 Å². The third-order valence-corrected chi connectivity index (χ3v) is 5.40. The maximum absolute atomic E-state index is 2.31. The fraction of sp³-hybridized carbons (Fsp3) is 1.00. The first-order valence-electron chi connectivity index (χ1n) is 3.04. The molecule has 2 atom stereocenters. The van der Waals surface area contributed by atoms with E-state index in [0.29, 0.717) is 0 Å². The van der Waals surface area contributed by atoms with E-state index in [9.17, 15) is 0 Å². The molecule has 0 radical (unpaired) electrons. The van der Waals surface area contributed by atoms with Gasteiger partial charge >= 0.3 is 0 Å². The predicted molar refractivity (Wildman–Crippen MR) is 43.3 cm³/mol. The second kappa shape index (κ2) is 2.53. The second-order valence-electron chi connectivity index (χ2n) is 2.61. The summed E-state index contributed by atoms with van der Waals surface area (Å²) in [6.45, 7) is 6.91. The van der Waals surface area contributed by atoms with Gasteiger partial charge in [-0.05, 0) is 5.92 Å². The smallest absolute Gasteiger partial charge is 0.0299 e. The average Bonchev–Trinajstić information content (AvgIpc) is 1.61. The summed E-state index contributed by atoms with van der Waals surface area (Å²) in [6.07, 6.45) is 0. The molecule has 0 aliphatic carbocycles. The zero-order chi connectivity index (χ0) is 6.15. The van der Waals surface area contributed by atoms with E-state index in [2.05, 4.69) is 20.8 Å². The van der Waals surface area contributed by atoms with Gasteiger partial charge in [-0.3, -0.25) is 0 Å². The van der Waals surface area contributed by atoms with E-state index in [4.69, 9.17) is 0 Å². The Bertz CT molecular complexity index is 75.8. The monoisotopic (exact) mass is 148 g/mol. The molecule has 1 heterocycles. The van der Waals surface area contributed by atoms with Crippen LogP contribution in [-0.4, -0.2) is 10.5 Å². The molecule has 1 aliphatic heterocycles. The standard InChI is InChI=1S/C6H12S2/c1-4(2)6-5(3)7-8-6/h4-6H,1-3H3. The van der Waals surface area contributed by atoms with Crippen LogP contribution in [0.4, 0.5) is 0 Å². The molecule has 0 nitrogen and oxygen atoms in total. The van der Waals surface area contributed by atoms with Crippen LogP contribution < -0.4 is 0 Å². The number of rotatable bonds is 1. The predicted octanol–water partition coefficient (Wildman–Crippen LogP) is 2.79. The van der Waals surface area contributed by atoms with Gasteiger partial charge in [0.15, 0.2) is 0 Å². The first kappa shape index (κ1) is 6.81. The molecular weight excluding hydrogens is 136 g/mol. The maximum atomic E-state index is 2.31. The van der Waals surface area contributed by atoms with Crippen molar-refractivity contribution in [3.8, 4) is 0 Å². The summed E-state index contributed by atoms with van der Waals surface area (Å²) in [7, 11) is 4.05. The van der Waals surface area contributed by atoms with Crippen LogP contribution in [0.15, 0.2) is 0 Å². The van der Waals surface area contributed by atoms with Crippen LogP contribution in [0, 0.1) is 5.92 Å². The van der Waals surface area contributed by atoms with Crippen LogP contribution in [0.1, 0.15) is 20.8 Å². The number of hydrogen-bond donors (Lipinski definition) is 0. The Labute approximate surface area is 59.2 Å². The van der Waals surface area contributed by atoms with Crippen molar-refractivity contribution in [2.45, 2.75) is 31.3 Å². The van der Waals surface area contributed by atoms with Crippen LogP contribution in [0.2, 0.25) is 0 Å². The quantitative estimate of drug-likeness (QED) is 0.524. The topological polar surface area (TPSA) is 0 Å². The van der Waals surface area contributed by atoms with E-state index in [1.165, 1.54) is 0 Å². The molecule has 2 heteroatoms. The van der Waals surface area contributed by atoms with E-state index in [0.717, 1.165) is 16.4 Å². The average molecular weight is 148 g/mol. The van der Waals surface area contributed by atoms with E-state index >= 15 is 0 Å². The Morgan fingerprint density at radius 2 is 1.88 bits per heavy atom. The largest absolute Gasteiger partial charge is 0.0895 e. The molecule has 0 aromatic heterocycles. The molecule has 0 bridgehead atoms. The van der Waals surface area contributed by atoms with Gasteiger partial charge in [-0.1, -0.05) is 42.4 Å². The lowest BCUT2D eigenvalue weighted by atomic mass is 10.1. The molecular formula is C6H12S2. The molecule has 1 aliphatic rings. The van der Waals surface area contributed by atoms with Gasteiger partial charge in [0, 0.05) is 10.5 Å². The summed E-state index contributed by atoms with van der Waals surface area (Å²) >= 11 is 0. The lowest BCUT2D eigenvalue weighted by Gasteiger charge is -2.34. The molecule has 1 saturated heterocycles. The molecule has 0 aromatic rings. The van der Waals surface area contributed by atoms with Crippen molar-refractivity contribution in [2.24, 2.45) is 5.92 Å². The minimum Gasteiger partial charge on any atom is -0.0895 e. The van der Waals surface area contributed by atoms with Crippen LogP contribution in [0.25, 0.3) is 0 Å². The summed E-state index contributed by atoms with van der Waals surface area (Å²) in [4.78, 5) is 0. The summed E-state index contributed by atoms with van der Waals surface area (Å²) in [5.41, 5.74) is 0. The van der Waals surface area contributed by atoms with Gasteiger partial charge in [-0.15, -0.1) is 0 Å². The van der Waals surface area contributed by atoms with Crippen molar-refractivity contribution in [3.63, 3.8) is 0 Å². The van der Waals surface area contributed by atoms with E-state index in [1.54, 1.807) is 0 Å². The minimum absolute atomic E-state index is 0.872. The zero-order valence-electron chi connectivity index (χ0n) is 5.55. The molecule has 8 heavy (non-hydrogen) atoms. The molecule has 0 aromatic carbocycles. The van der Waals surface area contributed by atoms with Crippen LogP contribution in [-0.2, 0) is 0 Å². The Morgan fingerprint density at radius 1 is 1.25 bits per heavy atom. The van der Waals surface area contributed by atoms with Crippen molar-refractivity contribution in [1.82, 2.24) is 0 Å². The Kier molecular flexibility index (Phi) is 2.15. The highest BCUT2D eigenvalue weighted by Crippen LogP contribution is 2.50. The normalized spacial score (nSPS) is 37.5. The van der Waals surface area contributed by atoms with Crippen molar-refractivity contribution in [1.29, 1.82) is 0 Å². The first-order valence-corrected chi connectivity index (χ1v) is 5.31. The molecule has 0 amide bonds. The molecule has 1 fully saturated rings. The van der Waals surface area contributed by atoms with Crippen molar-refractivity contribution in [3.05, 3.63) is 0 Å². The van der Waals surface area contributed by atoms with Crippen molar-refractivity contribution < 1.29 is 0 Å². The van der Waals surface area contributed by atoms with E-state index in [-0.39, 0.29) is 0 Å². The zero-order valence-corrected chi connectivity index (χ0v) is 7.18. The molecule has 2 unspecified atom stereocenters. The minimum atomic E-state index is 0.872. The molecule has 0 spiro atoms. The summed E-state index contributed by atoms with van der Waals surface area (Å²) in [6, 6.07) is 0. The molecule has 0 saturated carbocycles. The highest BCUT2D eigenvalue weighted by molar-refractivity contribution is 8.80. The SMILES string of the molecule is CC(C)C1SSC1C. The molecule has 0 N–H and O–H groups in total. The van der Waals surface area contributed by atoms with Gasteiger partial charge in [0.2, 0.25) is 0 Å². The van der Waals surface area contributed by atoms with Gasteiger partial charge in [0.1, 0.15) is 0 Å². The summed E-state index contributed by atoms with van der Waals surface area (Å²) < 4.78 is 0. The van der Waals surface area contributed by atoms with Crippen LogP contribution >= 0.6 is 21.6 Å². The maximum Gasteiger partial charge on any atom is 0.0299 e. The van der Waals surface area contributed by atoms with Crippen molar-refractivity contribution in [2.75, 3.05) is 0 Å². The molecule has 1 rings (SSSR count).